The van der Waals surface area contributed by atoms with Gasteiger partial charge in [0.2, 0.25) is 11.8 Å². The van der Waals surface area contributed by atoms with E-state index in [1.165, 1.54) is 11.9 Å². The molecule has 2 fully saturated rings. The van der Waals surface area contributed by atoms with Crippen molar-refractivity contribution in [2.75, 3.05) is 19.6 Å². The first-order valence-electron chi connectivity index (χ1n) is 10.6. The van der Waals surface area contributed by atoms with Crippen LogP contribution in [-0.4, -0.2) is 56.8 Å². The van der Waals surface area contributed by atoms with Crippen LogP contribution in [0.4, 0.5) is 0 Å². The monoisotopic (exact) mass is 404 g/mol. The third-order valence-electron chi connectivity index (χ3n) is 6.60. The molecule has 1 unspecified atom stereocenters. The highest BCUT2D eigenvalue weighted by molar-refractivity contribution is 5.82. The third kappa shape index (κ3) is 3.86. The van der Waals surface area contributed by atoms with Gasteiger partial charge in [-0.05, 0) is 30.4 Å². The van der Waals surface area contributed by atoms with Crippen molar-refractivity contribution in [3.63, 3.8) is 0 Å². The SMILES string of the molecule is C=CCN1C(=O)CC(c2ccccc2)C12CCN(C(=O)CCc1cncnc1)CC2. The van der Waals surface area contributed by atoms with Gasteiger partial charge in [0.15, 0.2) is 0 Å². The Morgan fingerprint density at radius 3 is 2.53 bits per heavy atom. The number of benzene rings is 1. The van der Waals surface area contributed by atoms with Crippen LogP contribution in [0, 0.1) is 0 Å². The lowest BCUT2D eigenvalue weighted by Crippen LogP contribution is -2.56. The summed E-state index contributed by atoms with van der Waals surface area (Å²) >= 11 is 0. The maximum Gasteiger partial charge on any atom is 0.224 e. The number of nitrogens with zero attached hydrogens (tertiary/aromatic N) is 4. The molecule has 1 aromatic carbocycles. The van der Waals surface area contributed by atoms with Crippen LogP contribution in [0.1, 0.15) is 42.7 Å². The van der Waals surface area contributed by atoms with E-state index in [4.69, 9.17) is 0 Å². The minimum atomic E-state index is -0.239. The van der Waals surface area contributed by atoms with Crippen molar-refractivity contribution in [1.29, 1.82) is 0 Å². The number of hydrogen-bond donors (Lipinski definition) is 0. The molecule has 30 heavy (non-hydrogen) atoms. The molecular weight excluding hydrogens is 376 g/mol. The number of carbonyl (C=O) groups is 2. The molecule has 1 spiro atoms. The molecule has 6 heteroatoms. The van der Waals surface area contributed by atoms with E-state index in [-0.39, 0.29) is 23.3 Å². The van der Waals surface area contributed by atoms with Crippen molar-refractivity contribution >= 4 is 11.8 Å². The molecule has 2 aromatic rings. The summed E-state index contributed by atoms with van der Waals surface area (Å²) in [6.45, 7) is 5.77. The van der Waals surface area contributed by atoms with Crippen molar-refractivity contribution in [3.05, 3.63) is 72.8 Å². The molecule has 1 aromatic heterocycles. The van der Waals surface area contributed by atoms with E-state index in [1.807, 2.05) is 34.1 Å². The van der Waals surface area contributed by atoms with Gasteiger partial charge in [-0.25, -0.2) is 9.97 Å². The molecule has 2 saturated heterocycles. The van der Waals surface area contributed by atoms with Crippen molar-refractivity contribution in [3.8, 4) is 0 Å². The molecule has 156 valence electrons. The molecule has 0 bridgehead atoms. The van der Waals surface area contributed by atoms with Gasteiger partial charge in [-0.3, -0.25) is 9.59 Å². The Morgan fingerprint density at radius 1 is 1.17 bits per heavy atom. The fraction of sp³-hybridized carbons (Fsp3) is 0.417. The number of hydrogen-bond acceptors (Lipinski definition) is 4. The van der Waals surface area contributed by atoms with E-state index < -0.39 is 0 Å². The predicted molar refractivity (Wildman–Crippen MR) is 115 cm³/mol. The lowest BCUT2D eigenvalue weighted by molar-refractivity contribution is -0.136. The van der Waals surface area contributed by atoms with Crippen LogP contribution in [0.3, 0.4) is 0 Å². The molecule has 2 aliphatic rings. The fourth-order valence-electron chi connectivity index (χ4n) is 5.07. The molecule has 0 saturated carbocycles. The smallest absolute Gasteiger partial charge is 0.224 e. The molecule has 1 atom stereocenters. The van der Waals surface area contributed by atoms with Gasteiger partial charge >= 0.3 is 0 Å². The minimum Gasteiger partial charge on any atom is -0.343 e. The first-order valence-corrected chi connectivity index (χ1v) is 10.6. The quantitative estimate of drug-likeness (QED) is 0.695. The van der Waals surface area contributed by atoms with Crippen LogP contribution in [0.15, 0.2) is 61.7 Å². The highest BCUT2D eigenvalue weighted by atomic mass is 16.2. The molecule has 3 heterocycles. The Kier molecular flexibility index (Phi) is 5.93. The zero-order valence-electron chi connectivity index (χ0n) is 17.2. The summed E-state index contributed by atoms with van der Waals surface area (Å²) in [4.78, 5) is 37.7. The highest BCUT2D eigenvalue weighted by Gasteiger charge is 2.53. The van der Waals surface area contributed by atoms with Crippen LogP contribution in [-0.2, 0) is 16.0 Å². The van der Waals surface area contributed by atoms with E-state index in [9.17, 15) is 9.59 Å². The first-order chi connectivity index (χ1) is 14.6. The Labute approximate surface area is 177 Å². The second-order valence-corrected chi connectivity index (χ2v) is 8.19. The lowest BCUT2D eigenvalue weighted by Gasteiger charge is -2.48. The normalized spacial score (nSPS) is 20.5. The summed E-state index contributed by atoms with van der Waals surface area (Å²) in [5.41, 5.74) is 1.94. The standard InChI is InChI=1S/C24H28N4O2/c1-2-12-28-23(30)15-21(20-6-4-3-5-7-20)24(28)10-13-27(14-11-24)22(29)9-8-19-16-25-18-26-17-19/h2-7,16-18,21H,1,8-15H2. The minimum absolute atomic E-state index is 0.157. The topological polar surface area (TPSA) is 66.4 Å². The van der Waals surface area contributed by atoms with Crippen LogP contribution >= 0.6 is 0 Å². The maximum absolute atomic E-state index is 12.9. The molecule has 0 radical (unpaired) electrons. The first kappa shape index (κ1) is 20.3. The third-order valence-corrected chi connectivity index (χ3v) is 6.60. The van der Waals surface area contributed by atoms with E-state index in [1.54, 1.807) is 12.4 Å². The zero-order chi connectivity index (χ0) is 21.0. The summed E-state index contributed by atoms with van der Waals surface area (Å²) in [5.74, 6) is 0.502. The average molecular weight is 405 g/mol. The summed E-state index contributed by atoms with van der Waals surface area (Å²) in [5, 5.41) is 0. The Bertz CT molecular complexity index is 892. The zero-order valence-corrected chi connectivity index (χ0v) is 17.2. The van der Waals surface area contributed by atoms with E-state index >= 15 is 0 Å². The number of likely N-dealkylation sites (tertiary alicyclic amines) is 2. The van der Waals surface area contributed by atoms with Gasteiger partial charge < -0.3 is 9.80 Å². The second-order valence-electron chi connectivity index (χ2n) is 8.19. The Morgan fingerprint density at radius 2 is 1.87 bits per heavy atom. The second kappa shape index (κ2) is 8.78. The number of piperidine rings is 1. The number of aromatic nitrogens is 2. The van der Waals surface area contributed by atoms with Crippen LogP contribution in [0.5, 0.6) is 0 Å². The van der Waals surface area contributed by atoms with Gasteiger partial charge in [0.1, 0.15) is 6.33 Å². The fourth-order valence-corrected chi connectivity index (χ4v) is 5.07. The molecule has 2 amide bonds. The predicted octanol–water partition coefficient (Wildman–Crippen LogP) is 2.97. The molecule has 0 aliphatic carbocycles. The van der Waals surface area contributed by atoms with Crippen molar-refractivity contribution < 1.29 is 9.59 Å². The largest absolute Gasteiger partial charge is 0.343 e. The molecule has 6 nitrogen and oxygen atoms in total. The summed E-state index contributed by atoms with van der Waals surface area (Å²) < 4.78 is 0. The van der Waals surface area contributed by atoms with Crippen LogP contribution in [0.25, 0.3) is 0 Å². The van der Waals surface area contributed by atoms with Crippen molar-refractivity contribution in [2.45, 2.75) is 43.6 Å². The van der Waals surface area contributed by atoms with Gasteiger partial charge in [0.25, 0.3) is 0 Å². The Hall–Kier alpha value is -3.02. The van der Waals surface area contributed by atoms with Crippen molar-refractivity contribution in [1.82, 2.24) is 19.8 Å². The van der Waals surface area contributed by atoms with Gasteiger partial charge in [-0.1, -0.05) is 36.4 Å². The number of carbonyl (C=O) groups excluding carboxylic acids is 2. The summed E-state index contributed by atoms with van der Waals surface area (Å²) in [6, 6.07) is 10.3. The number of amides is 2. The van der Waals surface area contributed by atoms with Gasteiger partial charge in [0.05, 0.1) is 5.54 Å². The molecule has 2 aliphatic heterocycles. The summed E-state index contributed by atoms with van der Waals surface area (Å²) in [6.07, 6.45) is 10.1. The van der Waals surface area contributed by atoms with Gasteiger partial charge in [-0.2, -0.15) is 0 Å². The van der Waals surface area contributed by atoms with Crippen LogP contribution < -0.4 is 0 Å². The molecule has 0 N–H and O–H groups in total. The average Bonchev–Trinajstić information content (AvgIpc) is 3.05. The number of rotatable bonds is 6. The van der Waals surface area contributed by atoms with E-state index in [0.717, 1.165) is 18.4 Å². The van der Waals surface area contributed by atoms with Crippen molar-refractivity contribution in [2.24, 2.45) is 0 Å². The van der Waals surface area contributed by atoms with E-state index in [2.05, 4.69) is 28.7 Å². The highest BCUT2D eigenvalue weighted by Crippen LogP contribution is 2.48. The molecular formula is C24H28N4O2. The van der Waals surface area contributed by atoms with Gasteiger partial charge in [-0.15, -0.1) is 6.58 Å². The lowest BCUT2D eigenvalue weighted by atomic mass is 9.73. The number of aryl methyl sites for hydroxylation is 1. The maximum atomic E-state index is 12.9. The Balaban J connectivity index is 1.47. The van der Waals surface area contributed by atoms with Gasteiger partial charge in [0, 0.05) is 50.8 Å². The van der Waals surface area contributed by atoms with Crippen LogP contribution in [0.2, 0.25) is 0 Å². The van der Waals surface area contributed by atoms with E-state index in [0.29, 0.717) is 38.9 Å². The summed E-state index contributed by atoms with van der Waals surface area (Å²) in [7, 11) is 0. The molecule has 4 rings (SSSR count).